The van der Waals surface area contributed by atoms with Gasteiger partial charge < -0.3 is 14.5 Å². The first kappa shape index (κ1) is 17.9. The van der Waals surface area contributed by atoms with Crippen LogP contribution in [0.5, 0.6) is 0 Å². The number of hydrogen-bond acceptors (Lipinski definition) is 3. The van der Waals surface area contributed by atoms with Crippen LogP contribution in [0.2, 0.25) is 0 Å². The number of rotatable bonds is 2. The third-order valence-corrected chi connectivity index (χ3v) is 5.13. The summed E-state index contributed by atoms with van der Waals surface area (Å²) in [4.78, 5) is 28.5. The average Bonchev–Trinajstić information content (AvgIpc) is 2.56. The minimum absolute atomic E-state index is 0.156. The highest BCUT2D eigenvalue weighted by molar-refractivity contribution is 5.86. The van der Waals surface area contributed by atoms with Gasteiger partial charge in [0.15, 0.2) is 6.10 Å². The lowest BCUT2D eigenvalue weighted by Gasteiger charge is -2.42. The molecule has 136 valence electrons. The van der Waals surface area contributed by atoms with Gasteiger partial charge in [0, 0.05) is 25.7 Å². The predicted octanol–water partition coefficient (Wildman–Crippen LogP) is 2.23. The fourth-order valence-corrected chi connectivity index (χ4v) is 4.03. The Morgan fingerprint density at radius 1 is 1.20 bits per heavy atom. The van der Waals surface area contributed by atoms with Crippen LogP contribution >= 0.6 is 0 Å². The Morgan fingerprint density at radius 3 is 2.48 bits per heavy atom. The minimum Gasteiger partial charge on any atom is -0.356 e. The summed E-state index contributed by atoms with van der Waals surface area (Å²) in [5.74, 6) is -0.00959. The van der Waals surface area contributed by atoms with Crippen molar-refractivity contribution in [2.24, 2.45) is 11.8 Å². The van der Waals surface area contributed by atoms with Crippen LogP contribution in [0.15, 0.2) is 24.3 Å². The summed E-state index contributed by atoms with van der Waals surface area (Å²) in [6.07, 6.45) is 0.210. The lowest BCUT2D eigenvalue weighted by atomic mass is 9.90. The molecular weight excluding hydrogens is 323 g/mol. The van der Waals surface area contributed by atoms with Crippen molar-refractivity contribution in [2.45, 2.75) is 32.4 Å². The second-order valence-electron chi connectivity index (χ2n) is 7.39. The molecule has 3 rings (SSSR count). The summed E-state index contributed by atoms with van der Waals surface area (Å²) in [5, 5.41) is 0. The number of hydrogen-bond donors (Lipinski definition) is 0. The van der Waals surface area contributed by atoms with Crippen molar-refractivity contribution < 1.29 is 18.7 Å². The van der Waals surface area contributed by atoms with Crippen LogP contribution < -0.4 is 0 Å². The van der Waals surface area contributed by atoms with Gasteiger partial charge in [-0.1, -0.05) is 32.0 Å². The van der Waals surface area contributed by atoms with Gasteiger partial charge in [0.1, 0.15) is 12.4 Å². The Kier molecular flexibility index (Phi) is 5.08. The van der Waals surface area contributed by atoms with Gasteiger partial charge in [-0.25, -0.2) is 4.39 Å². The molecule has 0 aromatic heterocycles. The number of ether oxygens (including phenoxy) is 1. The quantitative estimate of drug-likeness (QED) is 0.824. The zero-order valence-electron chi connectivity index (χ0n) is 14.9. The van der Waals surface area contributed by atoms with Gasteiger partial charge in [0.2, 0.25) is 5.91 Å². The van der Waals surface area contributed by atoms with Crippen molar-refractivity contribution in [3.05, 3.63) is 35.6 Å². The maximum absolute atomic E-state index is 14.4. The lowest BCUT2D eigenvalue weighted by molar-refractivity contribution is -0.169. The van der Waals surface area contributed by atoms with Crippen LogP contribution in [-0.2, 0) is 14.3 Å². The molecule has 1 aromatic rings. The zero-order valence-corrected chi connectivity index (χ0v) is 14.9. The molecule has 0 bridgehead atoms. The van der Waals surface area contributed by atoms with Gasteiger partial charge in [-0.3, -0.25) is 9.59 Å². The SMILES string of the molecule is C[C@@H]1C[C@H](C)CN(C(=O)[C@@H]2OCC(=O)N(C)[C@@H]2c2ccccc2F)C1. The zero-order chi connectivity index (χ0) is 18.1. The number of benzene rings is 1. The molecule has 0 unspecified atom stereocenters. The van der Waals surface area contributed by atoms with Crippen molar-refractivity contribution >= 4 is 11.8 Å². The molecule has 1 aromatic carbocycles. The van der Waals surface area contributed by atoms with Crippen LogP contribution in [0.25, 0.3) is 0 Å². The number of carbonyl (C=O) groups is 2. The van der Waals surface area contributed by atoms with Crippen molar-refractivity contribution in [1.29, 1.82) is 0 Å². The van der Waals surface area contributed by atoms with Crippen molar-refractivity contribution in [2.75, 3.05) is 26.7 Å². The van der Waals surface area contributed by atoms with Gasteiger partial charge >= 0.3 is 0 Å². The molecule has 2 aliphatic rings. The van der Waals surface area contributed by atoms with Gasteiger partial charge in [0.05, 0.1) is 6.04 Å². The van der Waals surface area contributed by atoms with Crippen molar-refractivity contribution in [1.82, 2.24) is 9.80 Å². The molecule has 0 spiro atoms. The first-order chi connectivity index (χ1) is 11.9. The summed E-state index contributed by atoms with van der Waals surface area (Å²) in [7, 11) is 1.60. The summed E-state index contributed by atoms with van der Waals surface area (Å²) in [5.41, 5.74) is 0.314. The third-order valence-electron chi connectivity index (χ3n) is 5.13. The summed E-state index contributed by atoms with van der Waals surface area (Å²) >= 11 is 0. The molecule has 5 nitrogen and oxygen atoms in total. The van der Waals surface area contributed by atoms with E-state index in [1.54, 1.807) is 30.1 Å². The van der Waals surface area contributed by atoms with E-state index in [4.69, 9.17) is 4.74 Å². The largest absolute Gasteiger partial charge is 0.356 e. The summed E-state index contributed by atoms with van der Waals surface area (Å²) in [6, 6.07) is 5.50. The van der Waals surface area contributed by atoms with Crippen LogP contribution in [0.4, 0.5) is 4.39 Å². The fraction of sp³-hybridized carbons (Fsp3) is 0.579. The van der Waals surface area contributed by atoms with E-state index in [9.17, 15) is 14.0 Å². The molecule has 0 aliphatic carbocycles. The standard InChI is InChI=1S/C19H25FN2O3/c1-12-8-13(2)10-22(9-12)19(24)18-17(21(3)16(23)11-25-18)14-6-4-5-7-15(14)20/h4-7,12-13,17-18H,8-11H2,1-3H3/t12-,13+,17-,18-/m1/s1. The molecule has 2 aliphatic heterocycles. The molecule has 0 saturated carbocycles. The molecule has 2 heterocycles. The first-order valence-corrected chi connectivity index (χ1v) is 8.79. The average molecular weight is 348 g/mol. The first-order valence-electron chi connectivity index (χ1n) is 8.79. The summed E-state index contributed by atoms with van der Waals surface area (Å²) < 4.78 is 20.0. The van der Waals surface area contributed by atoms with Gasteiger partial charge in [-0.05, 0) is 24.3 Å². The highest BCUT2D eigenvalue weighted by Gasteiger charge is 2.43. The smallest absolute Gasteiger partial charge is 0.254 e. The Morgan fingerprint density at radius 2 is 1.84 bits per heavy atom. The van der Waals surface area contributed by atoms with E-state index in [0.717, 1.165) is 6.42 Å². The normalized spacial score (nSPS) is 30.5. The molecule has 6 heteroatoms. The van der Waals surface area contributed by atoms with Gasteiger partial charge in [-0.15, -0.1) is 0 Å². The molecule has 2 amide bonds. The monoisotopic (exact) mass is 348 g/mol. The second kappa shape index (κ2) is 7.12. The number of morpholine rings is 1. The number of amides is 2. The highest BCUT2D eigenvalue weighted by atomic mass is 19.1. The molecule has 0 radical (unpaired) electrons. The number of nitrogens with zero attached hydrogens (tertiary/aromatic N) is 2. The number of likely N-dealkylation sites (N-methyl/N-ethyl adjacent to an activating group) is 1. The predicted molar refractivity (Wildman–Crippen MR) is 91.2 cm³/mol. The molecule has 25 heavy (non-hydrogen) atoms. The second-order valence-corrected chi connectivity index (χ2v) is 7.39. The number of piperidine rings is 1. The van der Waals surface area contributed by atoms with E-state index in [0.29, 0.717) is 30.5 Å². The number of halogens is 1. The maximum atomic E-state index is 14.4. The Balaban J connectivity index is 1.91. The van der Waals surface area contributed by atoms with E-state index in [1.165, 1.54) is 11.0 Å². The van der Waals surface area contributed by atoms with Crippen LogP contribution in [0, 0.1) is 17.7 Å². The van der Waals surface area contributed by atoms with Gasteiger partial charge in [0.25, 0.3) is 5.91 Å². The topological polar surface area (TPSA) is 49.9 Å². The Labute approximate surface area is 147 Å². The maximum Gasteiger partial charge on any atom is 0.254 e. The van der Waals surface area contributed by atoms with Crippen LogP contribution in [0.1, 0.15) is 31.9 Å². The molecule has 2 saturated heterocycles. The third kappa shape index (κ3) is 3.54. The Bertz CT molecular complexity index is 656. The van der Waals surface area contributed by atoms with E-state index in [2.05, 4.69) is 13.8 Å². The lowest BCUT2D eigenvalue weighted by Crippen LogP contribution is -2.56. The number of likely N-dealkylation sites (tertiary alicyclic amines) is 1. The molecule has 2 fully saturated rings. The molecule has 0 N–H and O–H groups in total. The van der Waals surface area contributed by atoms with Crippen molar-refractivity contribution in [3.8, 4) is 0 Å². The van der Waals surface area contributed by atoms with Crippen LogP contribution in [0.3, 0.4) is 0 Å². The molecule has 4 atom stereocenters. The fourth-order valence-electron chi connectivity index (χ4n) is 4.03. The Hall–Kier alpha value is -1.95. The highest BCUT2D eigenvalue weighted by Crippen LogP contribution is 2.33. The number of carbonyl (C=O) groups excluding carboxylic acids is 2. The van der Waals surface area contributed by atoms with E-state index in [1.807, 2.05) is 0 Å². The van der Waals surface area contributed by atoms with Crippen LogP contribution in [-0.4, -0.2) is 54.5 Å². The minimum atomic E-state index is -0.878. The van der Waals surface area contributed by atoms with E-state index in [-0.39, 0.29) is 18.4 Å². The van der Waals surface area contributed by atoms with Gasteiger partial charge in [-0.2, -0.15) is 0 Å². The summed E-state index contributed by atoms with van der Waals surface area (Å²) in [6.45, 7) is 5.44. The van der Waals surface area contributed by atoms with E-state index < -0.39 is 18.0 Å². The van der Waals surface area contributed by atoms with Crippen molar-refractivity contribution in [3.63, 3.8) is 0 Å². The molecular formula is C19H25FN2O3. The van der Waals surface area contributed by atoms with E-state index >= 15 is 0 Å².